The zero-order valence-corrected chi connectivity index (χ0v) is 18.3. The largest absolute Gasteiger partial charge is 0.379 e. The molecule has 0 atom stereocenters. The summed E-state index contributed by atoms with van der Waals surface area (Å²) in [7, 11) is -3.97. The van der Waals surface area contributed by atoms with E-state index < -0.39 is 21.7 Å². The average molecular weight is 478 g/mol. The lowest BCUT2D eigenvalue weighted by molar-refractivity contribution is 0.0383. The third kappa shape index (κ3) is 6.55. The summed E-state index contributed by atoms with van der Waals surface area (Å²) in [5.41, 5.74) is 0.272. The molecule has 0 aromatic heterocycles. The molecule has 2 aromatic rings. The first-order valence-electron chi connectivity index (χ1n) is 9.01. The molecule has 1 saturated heterocycles. The van der Waals surface area contributed by atoms with Crippen molar-refractivity contribution in [1.82, 2.24) is 10.2 Å². The van der Waals surface area contributed by atoms with Crippen molar-refractivity contribution < 1.29 is 22.3 Å². The van der Waals surface area contributed by atoms with Crippen LogP contribution in [-0.4, -0.2) is 58.6 Å². The van der Waals surface area contributed by atoms with E-state index in [1.165, 1.54) is 30.3 Å². The Kier molecular flexibility index (Phi) is 8.87. The normalized spacial score (nSPS) is 14.6. The second-order valence-electron chi connectivity index (χ2n) is 6.46. The van der Waals surface area contributed by atoms with E-state index in [1.807, 2.05) is 0 Å². The molecule has 1 aliphatic rings. The summed E-state index contributed by atoms with van der Waals surface area (Å²) >= 11 is 6.10. The van der Waals surface area contributed by atoms with Crippen LogP contribution in [0.2, 0.25) is 5.02 Å². The Balaban J connectivity index is 0.00000320. The van der Waals surface area contributed by atoms with Gasteiger partial charge < -0.3 is 10.1 Å². The zero-order valence-electron chi connectivity index (χ0n) is 15.9. The van der Waals surface area contributed by atoms with Crippen molar-refractivity contribution in [1.29, 1.82) is 0 Å². The number of rotatable bonds is 7. The van der Waals surface area contributed by atoms with E-state index in [0.29, 0.717) is 26.3 Å². The minimum absolute atomic E-state index is 0. The second-order valence-corrected chi connectivity index (χ2v) is 8.55. The SMILES string of the molecule is Cl.O=C(NCCN1CCOCC1)c1cc(S(=O)(=O)Nc2ccc(F)cc2)ccc1Cl. The molecule has 0 radical (unpaired) electrons. The first-order chi connectivity index (χ1) is 13.8. The Labute approximate surface area is 186 Å². The molecule has 0 bridgehead atoms. The van der Waals surface area contributed by atoms with Crippen LogP contribution in [0.1, 0.15) is 10.4 Å². The van der Waals surface area contributed by atoms with E-state index in [1.54, 1.807) is 0 Å². The maximum Gasteiger partial charge on any atom is 0.261 e. The van der Waals surface area contributed by atoms with Crippen molar-refractivity contribution in [3.8, 4) is 0 Å². The fraction of sp³-hybridized carbons (Fsp3) is 0.316. The van der Waals surface area contributed by atoms with E-state index in [2.05, 4.69) is 14.9 Å². The van der Waals surface area contributed by atoms with Gasteiger partial charge in [0, 0.05) is 31.9 Å². The second kappa shape index (κ2) is 10.9. The highest BCUT2D eigenvalue weighted by atomic mass is 35.5. The number of nitrogens with zero attached hydrogens (tertiary/aromatic N) is 1. The van der Waals surface area contributed by atoms with Crippen molar-refractivity contribution >= 4 is 45.6 Å². The lowest BCUT2D eigenvalue weighted by Gasteiger charge is -2.26. The molecule has 7 nitrogen and oxygen atoms in total. The molecule has 1 fully saturated rings. The highest BCUT2D eigenvalue weighted by molar-refractivity contribution is 7.92. The van der Waals surface area contributed by atoms with Crippen LogP contribution in [0.15, 0.2) is 47.4 Å². The molecule has 30 heavy (non-hydrogen) atoms. The number of ether oxygens (including phenoxy) is 1. The van der Waals surface area contributed by atoms with Crippen LogP contribution in [-0.2, 0) is 14.8 Å². The number of hydrogen-bond donors (Lipinski definition) is 2. The number of morpholine rings is 1. The first kappa shape index (κ1) is 24.4. The molecule has 1 amide bonds. The molecule has 1 aliphatic heterocycles. The summed E-state index contributed by atoms with van der Waals surface area (Å²) in [6.07, 6.45) is 0. The Hall–Kier alpha value is -1.91. The molecule has 3 rings (SSSR count). The van der Waals surface area contributed by atoms with E-state index in [0.717, 1.165) is 25.2 Å². The fourth-order valence-electron chi connectivity index (χ4n) is 2.83. The van der Waals surface area contributed by atoms with Gasteiger partial charge in [-0.1, -0.05) is 11.6 Å². The molecule has 0 unspecified atom stereocenters. The van der Waals surface area contributed by atoms with E-state index in [4.69, 9.17) is 16.3 Å². The summed E-state index contributed by atoms with van der Waals surface area (Å²) in [5, 5.41) is 2.91. The van der Waals surface area contributed by atoms with Crippen molar-refractivity contribution in [3.05, 3.63) is 58.9 Å². The van der Waals surface area contributed by atoms with Crippen LogP contribution in [0, 0.1) is 5.82 Å². The average Bonchev–Trinajstić information content (AvgIpc) is 2.70. The number of carbonyl (C=O) groups is 1. The Morgan fingerprint density at radius 1 is 1.13 bits per heavy atom. The fourth-order valence-corrected chi connectivity index (χ4v) is 4.11. The van der Waals surface area contributed by atoms with Gasteiger partial charge in [0.15, 0.2) is 0 Å². The minimum atomic E-state index is -3.97. The predicted octanol–water partition coefficient (Wildman–Crippen LogP) is 2.76. The number of halogens is 3. The van der Waals surface area contributed by atoms with Gasteiger partial charge in [0.1, 0.15) is 5.82 Å². The molecular weight excluding hydrogens is 456 g/mol. The van der Waals surface area contributed by atoms with E-state index in [-0.39, 0.29) is 33.6 Å². The van der Waals surface area contributed by atoms with Gasteiger partial charge in [-0.15, -0.1) is 12.4 Å². The standard InChI is InChI=1S/C19H21ClFN3O4S.ClH/c20-18-6-5-16(29(26,27)23-15-3-1-14(21)2-4-15)13-17(18)19(25)22-7-8-24-9-11-28-12-10-24;/h1-6,13,23H,7-12H2,(H,22,25);1H. The monoisotopic (exact) mass is 477 g/mol. The van der Waals surface area contributed by atoms with Gasteiger partial charge in [-0.2, -0.15) is 0 Å². The molecule has 0 saturated carbocycles. The third-order valence-electron chi connectivity index (χ3n) is 4.41. The van der Waals surface area contributed by atoms with Crippen molar-refractivity contribution in [2.75, 3.05) is 44.1 Å². The highest BCUT2D eigenvalue weighted by Gasteiger charge is 2.19. The van der Waals surface area contributed by atoms with Crippen molar-refractivity contribution in [2.24, 2.45) is 0 Å². The molecule has 2 N–H and O–H groups in total. The molecule has 11 heteroatoms. The summed E-state index contributed by atoms with van der Waals surface area (Å²) in [6, 6.07) is 8.79. The third-order valence-corrected chi connectivity index (χ3v) is 6.12. The molecule has 2 aromatic carbocycles. The first-order valence-corrected chi connectivity index (χ1v) is 10.9. The van der Waals surface area contributed by atoms with Crippen LogP contribution in [0.3, 0.4) is 0 Å². The summed E-state index contributed by atoms with van der Waals surface area (Å²) in [5.74, 6) is -0.933. The van der Waals surface area contributed by atoms with Gasteiger partial charge in [0.05, 0.1) is 28.7 Å². The number of anilines is 1. The maximum atomic E-state index is 13.0. The van der Waals surface area contributed by atoms with Crippen LogP contribution < -0.4 is 10.0 Å². The van der Waals surface area contributed by atoms with E-state index >= 15 is 0 Å². The predicted molar refractivity (Wildman–Crippen MR) is 116 cm³/mol. The van der Waals surface area contributed by atoms with Crippen LogP contribution in [0.25, 0.3) is 0 Å². The summed E-state index contributed by atoms with van der Waals surface area (Å²) in [4.78, 5) is 14.5. The Bertz CT molecular complexity index is 968. The van der Waals surface area contributed by atoms with Crippen LogP contribution in [0.5, 0.6) is 0 Å². The zero-order chi connectivity index (χ0) is 20.9. The minimum Gasteiger partial charge on any atom is -0.379 e. The van der Waals surface area contributed by atoms with E-state index in [9.17, 15) is 17.6 Å². The summed E-state index contributed by atoms with van der Waals surface area (Å²) < 4.78 is 45.8. The number of nitrogens with one attached hydrogen (secondary N) is 2. The molecule has 0 spiro atoms. The van der Waals surface area contributed by atoms with Gasteiger partial charge in [0.2, 0.25) is 0 Å². The van der Waals surface area contributed by atoms with Gasteiger partial charge in [-0.25, -0.2) is 12.8 Å². The lowest BCUT2D eigenvalue weighted by Crippen LogP contribution is -2.41. The molecular formula is C19H22Cl2FN3O4S. The molecule has 0 aliphatic carbocycles. The smallest absolute Gasteiger partial charge is 0.261 e. The van der Waals surface area contributed by atoms with Gasteiger partial charge in [-0.05, 0) is 42.5 Å². The van der Waals surface area contributed by atoms with Gasteiger partial charge in [-0.3, -0.25) is 14.4 Å². The Morgan fingerprint density at radius 2 is 1.80 bits per heavy atom. The number of hydrogen-bond acceptors (Lipinski definition) is 5. The molecule has 164 valence electrons. The van der Waals surface area contributed by atoms with Crippen LogP contribution in [0.4, 0.5) is 10.1 Å². The number of carbonyl (C=O) groups excluding carboxylic acids is 1. The topological polar surface area (TPSA) is 87.7 Å². The number of sulfonamides is 1. The number of amides is 1. The summed E-state index contributed by atoms with van der Waals surface area (Å²) in [6.45, 7) is 4.01. The lowest BCUT2D eigenvalue weighted by atomic mass is 10.2. The Morgan fingerprint density at radius 3 is 2.47 bits per heavy atom. The quantitative estimate of drug-likeness (QED) is 0.639. The van der Waals surface area contributed by atoms with Crippen molar-refractivity contribution in [2.45, 2.75) is 4.90 Å². The maximum absolute atomic E-state index is 13.0. The van der Waals surface area contributed by atoms with Crippen LogP contribution >= 0.6 is 24.0 Å². The van der Waals surface area contributed by atoms with Crippen molar-refractivity contribution in [3.63, 3.8) is 0 Å². The van der Waals surface area contributed by atoms with Gasteiger partial charge in [0.25, 0.3) is 15.9 Å². The number of benzene rings is 2. The highest BCUT2D eigenvalue weighted by Crippen LogP contribution is 2.22. The van der Waals surface area contributed by atoms with Gasteiger partial charge >= 0.3 is 0 Å². The molecule has 1 heterocycles.